The summed E-state index contributed by atoms with van der Waals surface area (Å²) in [5.41, 5.74) is 1.21. The van der Waals surface area contributed by atoms with Crippen LogP contribution < -0.4 is 15.4 Å². The van der Waals surface area contributed by atoms with Crippen molar-refractivity contribution in [3.63, 3.8) is 0 Å². The van der Waals surface area contributed by atoms with E-state index in [4.69, 9.17) is 4.74 Å². The lowest BCUT2D eigenvalue weighted by Gasteiger charge is -2.35. The minimum atomic E-state index is -0.907. The smallest absolute Gasteiger partial charge is 0.261 e. The standard InChI is InChI=1S/C29H35N3O4S/c1-5-29(2,3)31-28(35)26(22-13-9-14-23(19-22)36-4)32(17-16-21-11-7-6-8-12-21)25(33)20-30-27(34)24-15-10-18-37-24/h6-15,18-19,26H,5,16-17,20H2,1-4H3,(H,30,34)(H,31,35)/t26-/m0/s1. The molecule has 0 fully saturated rings. The number of methoxy groups -OCH3 is 1. The Labute approximate surface area is 222 Å². The van der Waals surface area contributed by atoms with E-state index in [0.717, 1.165) is 12.0 Å². The maximum Gasteiger partial charge on any atom is 0.261 e. The topological polar surface area (TPSA) is 87.7 Å². The van der Waals surface area contributed by atoms with E-state index in [1.807, 2.05) is 62.5 Å². The summed E-state index contributed by atoms with van der Waals surface area (Å²) in [5, 5.41) is 7.63. The molecule has 0 saturated heterocycles. The molecule has 196 valence electrons. The van der Waals surface area contributed by atoms with Crippen LogP contribution in [-0.2, 0) is 16.0 Å². The van der Waals surface area contributed by atoms with Crippen molar-refractivity contribution in [1.82, 2.24) is 15.5 Å². The zero-order valence-corrected chi connectivity index (χ0v) is 22.6. The minimum absolute atomic E-state index is 0.226. The number of carbonyl (C=O) groups excluding carboxylic acids is 3. The van der Waals surface area contributed by atoms with Crippen LogP contribution in [0.4, 0.5) is 0 Å². The molecule has 0 radical (unpaired) electrons. The van der Waals surface area contributed by atoms with Gasteiger partial charge >= 0.3 is 0 Å². The molecule has 3 amide bonds. The van der Waals surface area contributed by atoms with Gasteiger partial charge in [-0.25, -0.2) is 0 Å². The number of amides is 3. The highest BCUT2D eigenvalue weighted by molar-refractivity contribution is 7.12. The van der Waals surface area contributed by atoms with Crippen molar-refractivity contribution in [3.05, 3.63) is 88.1 Å². The average Bonchev–Trinajstić information content (AvgIpc) is 3.45. The van der Waals surface area contributed by atoms with Gasteiger partial charge in [-0.1, -0.05) is 55.5 Å². The summed E-state index contributed by atoms with van der Waals surface area (Å²) in [6.45, 7) is 5.96. The second-order valence-corrected chi connectivity index (χ2v) is 10.3. The number of hydrogen-bond acceptors (Lipinski definition) is 5. The van der Waals surface area contributed by atoms with Crippen molar-refractivity contribution in [2.24, 2.45) is 0 Å². The summed E-state index contributed by atoms with van der Waals surface area (Å²) in [6.07, 6.45) is 1.27. The molecule has 2 N–H and O–H groups in total. The third-order valence-corrected chi connectivity index (χ3v) is 7.13. The van der Waals surface area contributed by atoms with Gasteiger partial charge in [-0.15, -0.1) is 11.3 Å². The first-order valence-electron chi connectivity index (χ1n) is 12.3. The summed E-state index contributed by atoms with van der Waals surface area (Å²) in [5.74, 6) is -0.364. The van der Waals surface area contributed by atoms with Gasteiger partial charge in [0.25, 0.3) is 5.91 Å². The lowest BCUT2D eigenvalue weighted by atomic mass is 9.98. The summed E-state index contributed by atoms with van der Waals surface area (Å²) >= 11 is 1.30. The Morgan fingerprint density at radius 2 is 1.78 bits per heavy atom. The number of nitrogens with one attached hydrogen (secondary N) is 2. The van der Waals surface area contributed by atoms with Crippen molar-refractivity contribution >= 4 is 29.1 Å². The lowest BCUT2D eigenvalue weighted by Crippen LogP contribution is -2.52. The third kappa shape index (κ3) is 7.92. The van der Waals surface area contributed by atoms with Gasteiger partial charge in [0.05, 0.1) is 18.5 Å². The van der Waals surface area contributed by atoms with Crippen LogP contribution in [0.1, 0.15) is 54.0 Å². The molecule has 0 aliphatic carbocycles. The van der Waals surface area contributed by atoms with Crippen LogP contribution in [0.25, 0.3) is 0 Å². The van der Waals surface area contributed by atoms with Gasteiger partial charge in [0, 0.05) is 12.1 Å². The number of thiophene rings is 1. The van der Waals surface area contributed by atoms with Crippen LogP contribution >= 0.6 is 11.3 Å². The molecule has 8 heteroatoms. The fraction of sp³-hybridized carbons (Fsp3) is 0.345. The van der Waals surface area contributed by atoms with Crippen molar-refractivity contribution in [2.45, 2.75) is 45.2 Å². The second kappa shape index (κ2) is 13.1. The normalized spacial score (nSPS) is 11.9. The van der Waals surface area contributed by atoms with Crippen LogP contribution in [-0.4, -0.2) is 48.4 Å². The molecule has 3 rings (SSSR count). The highest BCUT2D eigenvalue weighted by Gasteiger charge is 2.34. The van der Waals surface area contributed by atoms with Crippen LogP contribution in [0.3, 0.4) is 0 Å². The third-order valence-electron chi connectivity index (χ3n) is 6.26. The maximum absolute atomic E-state index is 13.8. The second-order valence-electron chi connectivity index (χ2n) is 9.39. The fourth-order valence-corrected chi connectivity index (χ4v) is 4.46. The summed E-state index contributed by atoms with van der Waals surface area (Å²) < 4.78 is 5.41. The first-order chi connectivity index (χ1) is 17.7. The number of carbonyl (C=O) groups is 3. The molecule has 2 aromatic carbocycles. The first kappa shape index (κ1) is 27.9. The maximum atomic E-state index is 13.8. The monoisotopic (exact) mass is 521 g/mol. The predicted molar refractivity (Wildman–Crippen MR) is 147 cm³/mol. The van der Waals surface area contributed by atoms with Crippen molar-refractivity contribution < 1.29 is 19.1 Å². The quantitative estimate of drug-likeness (QED) is 0.365. The number of hydrogen-bond donors (Lipinski definition) is 2. The molecule has 0 aliphatic rings. The number of rotatable bonds is 12. The van der Waals surface area contributed by atoms with Gasteiger partial charge in [0.1, 0.15) is 11.8 Å². The van der Waals surface area contributed by atoms with Crippen LogP contribution in [0.2, 0.25) is 0 Å². The molecular weight excluding hydrogens is 486 g/mol. The molecular formula is C29H35N3O4S. The Kier molecular flexibility index (Phi) is 9.85. The van der Waals surface area contributed by atoms with E-state index in [1.165, 1.54) is 11.3 Å². The SMILES string of the molecule is CCC(C)(C)NC(=O)[C@H](c1cccc(OC)c1)N(CCc1ccccc1)C(=O)CNC(=O)c1cccs1. The fourth-order valence-electron chi connectivity index (χ4n) is 3.82. The van der Waals surface area contributed by atoms with E-state index in [1.54, 1.807) is 42.3 Å². The van der Waals surface area contributed by atoms with Crippen LogP contribution in [0.5, 0.6) is 5.75 Å². The predicted octanol–water partition coefficient (Wildman–Crippen LogP) is 4.60. The van der Waals surface area contributed by atoms with E-state index in [2.05, 4.69) is 10.6 Å². The summed E-state index contributed by atoms with van der Waals surface area (Å²) in [4.78, 5) is 42.0. The Bertz CT molecular complexity index is 1180. The van der Waals surface area contributed by atoms with Gasteiger partial charge in [-0.2, -0.15) is 0 Å². The molecule has 0 spiro atoms. The minimum Gasteiger partial charge on any atom is -0.497 e. The first-order valence-corrected chi connectivity index (χ1v) is 13.2. The molecule has 1 heterocycles. The van der Waals surface area contributed by atoms with E-state index in [0.29, 0.717) is 29.2 Å². The molecule has 1 aromatic heterocycles. The van der Waals surface area contributed by atoms with Crippen molar-refractivity contribution in [2.75, 3.05) is 20.2 Å². The number of ether oxygens (including phenoxy) is 1. The molecule has 7 nitrogen and oxygen atoms in total. The molecule has 0 unspecified atom stereocenters. The van der Waals surface area contributed by atoms with Gasteiger partial charge in [-0.05, 0) is 61.4 Å². The number of nitrogens with zero attached hydrogens (tertiary/aromatic N) is 1. The van der Waals surface area contributed by atoms with Crippen molar-refractivity contribution in [1.29, 1.82) is 0 Å². The molecule has 0 aliphatic heterocycles. The summed E-state index contributed by atoms with van der Waals surface area (Å²) in [7, 11) is 1.56. The Morgan fingerprint density at radius 3 is 2.43 bits per heavy atom. The van der Waals surface area contributed by atoms with Gasteiger partial charge in [0.15, 0.2) is 0 Å². The average molecular weight is 522 g/mol. The largest absolute Gasteiger partial charge is 0.497 e. The van der Waals surface area contributed by atoms with Crippen LogP contribution in [0.15, 0.2) is 72.1 Å². The van der Waals surface area contributed by atoms with E-state index in [9.17, 15) is 14.4 Å². The summed E-state index contributed by atoms with van der Waals surface area (Å²) in [6, 6.07) is 19.6. The zero-order valence-electron chi connectivity index (χ0n) is 21.8. The molecule has 37 heavy (non-hydrogen) atoms. The highest BCUT2D eigenvalue weighted by atomic mass is 32.1. The molecule has 0 saturated carbocycles. The number of benzene rings is 2. The Balaban J connectivity index is 1.95. The van der Waals surface area contributed by atoms with Crippen molar-refractivity contribution in [3.8, 4) is 5.75 Å². The zero-order chi connectivity index (χ0) is 26.8. The van der Waals surface area contributed by atoms with Gasteiger partial charge < -0.3 is 20.3 Å². The Hall–Kier alpha value is -3.65. The highest BCUT2D eigenvalue weighted by Crippen LogP contribution is 2.27. The van der Waals surface area contributed by atoms with Crippen LogP contribution in [0, 0.1) is 0 Å². The van der Waals surface area contributed by atoms with E-state index >= 15 is 0 Å². The van der Waals surface area contributed by atoms with E-state index < -0.39 is 11.6 Å². The molecule has 0 bridgehead atoms. The van der Waals surface area contributed by atoms with E-state index in [-0.39, 0.29) is 24.3 Å². The van der Waals surface area contributed by atoms with Gasteiger partial charge in [-0.3, -0.25) is 14.4 Å². The molecule has 3 aromatic rings. The Morgan fingerprint density at radius 1 is 1.03 bits per heavy atom. The van der Waals surface area contributed by atoms with Gasteiger partial charge in [0.2, 0.25) is 11.8 Å². The molecule has 1 atom stereocenters. The lowest BCUT2D eigenvalue weighted by molar-refractivity contribution is -0.140.